The van der Waals surface area contributed by atoms with Crippen LogP contribution in [0.1, 0.15) is 24.5 Å². The number of halogens is 3. The van der Waals surface area contributed by atoms with Crippen molar-refractivity contribution in [2.24, 2.45) is 0 Å². The van der Waals surface area contributed by atoms with E-state index >= 15 is 0 Å². The predicted octanol–water partition coefficient (Wildman–Crippen LogP) is 3.71. The van der Waals surface area contributed by atoms with E-state index in [4.69, 9.17) is 4.74 Å². The van der Waals surface area contributed by atoms with Crippen molar-refractivity contribution >= 4 is 5.97 Å². The third kappa shape index (κ3) is 4.61. The minimum atomic E-state index is -4.34. The zero-order chi connectivity index (χ0) is 13.8. The van der Waals surface area contributed by atoms with Crippen LogP contribution < -0.4 is 0 Å². The van der Waals surface area contributed by atoms with E-state index in [2.05, 4.69) is 6.58 Å². The van der Waals surface area contributed by atoms with E-state index in [0.717, 1.165) is 12.1 Å². The van der Waals surface area contributed by atoms with Crippen molar-refractivity contribution in [1.82, 2.24) is 0 Å². The fourth-order valence-electron chi connectivity index (χ4n) is 1.35. The molecule has 0 heterocycles. The molecule has 0 aromatic heterocycles. The highest BCUT2D eigenvalue weighted by Crippen LogP contribution is 2.29. The van der Waals surface area contributed by atoms with E-state index in [1.54, 1.807) is 6.92 Å². The van der Waals surface area contributed by atoms with Crippen molar-refractivity contribution in [3.63, 3.8) is 0 Å². The average molecular weight is 258 g/mol. The number of hydrogen-bond acceptors (Lipinski definition) is 2. The molecule has 0 amide bonds. The first kappa shape index (κ1) is 14.3. The van der Waals surface area contributed by atoms with Crippen molar-refractivity contribution in [1.29, 1.82) is 0 Å². The van der Waals surface area contributed by atoms with Gasteiger partial charge in [0.05, 0.1) is 11.3 Å². The van der Waals surface area contributed by atoms with Gasteiger partial charge in [-0.3, -0.25) is 4.79 Å². The molecule has 0 N–H and O–H groups in total. The number of aryl methyl sites for hydroxylation is 1. The van der Waals surface area contributed by atoms with Gasteiger partial charge in [0.2, 0.25) is 0 Å². The van der Waals surface area contributed by atoms with Crippen LogP contribution in [0.25, 0.3) is 0 Å². The smallest absolute Gasteiger partial charge is 0.416 e. The van der Waals surface area contributed by atoms with Gasteiger partial charge in [-0.05, 0) is 31.0 Å². The lowest BCUT2D eigenvalue weighted by molar-refractivity contribution is -0.139. The molecule has 1 aromatic rings. The molecule has 0 spiro atoms. The summed E-state index contributed by atoms with van der Waals surface area (Å²) in [6, 6.07) is 4.71. The van der Waals surface area contributed by atoms with Crippen LogP contribution in [0.5, 0.6) is 0 Å². The summed E-state index contributed by atoms with van der Waals surface area (Å²) in [4.78, 5) is 11.2. The summed E-state index contributed by atoms with van der Waals surface area (Å²) in [6.07, 6.45) is -3.89. The highest BCUT2D eigenvalue weighted by molar-refractivity contribution is 5.70. The maximum absolute atomic E-state index is 12.3. The fourth-order valence-corrected chi connectivity index (χ4v) is 1.35. The first-order valence-electron chi connectivity index (χ1n) is 5.31. The van der Waals surface area contributed by atoms with Gasteiger partial charge in [0, 0.05) is 6.42 Å². The molecule has 98 valence electrons. The molecule has 0 aliphatic rings. The number of benzene rings is 1. The molecule has 1 aromatic carbocycles. The van der Waals surface area contributed by atoms with Gasteiger partial charge in [0.25, 0.3) is 0 Å². The van der Waals surface area contributed by atoms with Crippen LogP contribution in [0.4, 0.5) is 13.2 Å². The SMILES string of the molecule is C=C(C)OC(=O)CCc1ccc(C(F)(F)F)cc1. The maximum Gasteiger partial charge on any atom is 0.416 e. The van der Waals surface area contributed by atoms with Gasteiger partial charge in [-0.25, -0.2) is 0 Å². The third-order valence-electron chi connectivity index (χ3n) is 2.19. The molecule has 0 radical (unpaired) electrons. The molecule has 2 nitrogen and oxygen atoms in total. The second-order valence-electron chi connectivity index (χ2n) is 3.87. The fraction of sp³-hybridized carbons (Fsp3) is 0.308. The van der Waals surface area contributed by atoms with E-state index in [-0.39, 0.29) is 6.42 Å². The van der Waals surface area contributed by atoms with Crippen LogP contribution in [0, 0.1) is 0 Å². The Morgan fingerprint density at radius 1 is 1.28 bits per heavy atom. The van der Waals surface area contributed by atoms with Crippen LogP contribution in [0.3, 0.4) is 0 Å². The summed E-state index contributed by atoms with van der Waals surface area (Å²) in [7, 11) is 0. The molecule has 5 heteroatoms. The number of carbonyl (C=O) groups is 1. The Labute approximate surface area is 103 Å². The molecular weight excluding hydrogens is 245 g/mol. The largest absolute Gasteiger partial charge is 0.432 e. The third-order valence-corrected chi connectivity index (χ3v) is 2.19. The minimum absolute atomic E-state index is 0.109. The average Bonchev–Trinajstić information content (AvgIpc) is 2.25. The number of allylic oxidation sites excluding steroid dienone is 1. The number of esters is 1. The van der Waals surface area contributed by atoms with Crippen molar-refractivity contribution in [2.75, 3.05) is 0 Å². The van der Waals surface area contributed by atoms with E-state index in [9.17, 15) is 18.0 Å². The molecule has 0 saturated heterocycles. The monoisotopic (exact) mass is 258 g/mol. The van der Waals surface area contributed by atoms with Gasteiger partial charge in [-0.15, -0.1) is 0 Å². The number of ether oxygens (including phenoxy) is 1. The van der Waals surface area contributed by atoms with Gasteiger partial charge in [-0.1, -0.05) is 18.7 Å². The molecule has 0 unspecified atom stereocenters. The number of carbonyl (C=O) groups excluding carboxylic acids is 1. The Balaban J connectivity index is 2.54. The molecule has 0 saturated carbocycles. The topological polar surface area (TPSA) is 26.3 Å². The normalized spacial score (nSPS) is 11.1. The van der Waals surface area contributed by atoms with E-state index < -0.39 is 17.7 Å². The number of hydrogen-bond donors (Lipinski definition) is 0. The van der Waals surface area contributed by atoms with E-state index in [0.29, 0.717) is 17.7 Å². The van der Waals surface area contributed by atoms with Crippen molar-refractivity contribution < 1.29 is 22.7 Å². The van der Waals surface area contributed by atoms with Crippen LogP contribution in [0.15, 0.2) is 36.6 Å². The van der Waals surface area contributed by atoms with Crippen LogP contribution in [0.2, 0.25) is 0 Å². The zero-order valence-electron chi connectivity index (χ0n) is 9.88. The number of rotatable bonds is 4. The van der Waals surface area contributed by atoms with Crippen molar-refractivity contribution in [2.45, 2.75) is 25.9 Å². The van der Waals surface area contributed by atoms with Gasteiger partial charge >= 0.3 is 12.1 Å². The molecule has 1 rings (SSSR count). The summed E-state index contributed by atoms with van der Waals surface area (Å²) in [6.45, 7) is 4.97. The van der Waals surface area contributed by atoms with Gasteiger partial charge in [-0.2, -0.15) is 13.2 Å². The predicted molar refractivity (Wildman–Crippen MR) is 60.7 cm³/mol. The zero-order valence-corrected chi connectivity index (χ0v) is 9.88. The van der Waals surface area contributed by atoms with Gasteiger partial charge < -0.3 is 4.74 Å². The summed E-state index contributed by atoms with van der Waals surface area (Å²) in [5.41, 5.74) is -0.0440. The van der Waals surface area contributed by atoms with Crippen LogP contribution in [-0.2, 0) is 22.1 Å². The molecule has 0 fully saturated rings. The quantitative estimate of drug-likeness (QED) is 0.607. The second-order valence-corrected chi connectivity index (χ2v) is 3.87. The second kappa shape index (κ2) is 5.71. The van der Waals surface area contributed by atoms with Crippen molar-refractivity contribution in [3.8, 4) is 0 Å². The lowest BCUT2D eigenvalue weighted by Gasteiger charge is -2.07. The summed E-state index contributed by atoms with van der Waals surface area (Å²) in [5, 5.41) is 0. The molecular formula is C13H13F3O2. The highest BCUT2D eigenvalue weighted by Gasteiger charge is 2.29. The first-order chi connectivity index (χ1) is 8.29. The van der Waals surface area contributed by atoms with Gasteiger partial charge in [0.15, 0.2) is 0 Å². The van der Waals surface area contributed by atoms with Crippen LogP contribution >= 0.6 is 0 Å². The lowest BCUT2D eigenvalue weighted by Crippen LogP contribution is -2.06. The maximum atomic E-state index is 12.3. The molecule has 0 bridgehead atoms. The number of alkyl halides is 3. The van der Waals surface area contributed by atoms with E-state index in [1.807, 2.05) is 0 Å². The summed E-state index contributed by atoms with van der Waals surface area (Å²) >= 11 is 0. The molecule has 0 aliphatic heterocycles. The van der Waals surface area contributed by atoms with Gasteiger partial charge in [0.1, 0.15) is 0 Å². The highest BCUT2D eigenvalue weighted by atomic mass is 19.4. The summed E-state index contributed by atoms with van der Waals surface area (Å²) < 4.78 is 41.6. The van der Waals surface area contributed by atoms with Crippen molar-refractivity contribution in [3.05, 3.63) is 47.7 Å². The Kier molecular flexibility index (Phi) is 4.53. The Bertz CT molecular complexity index is 433. The summed E-state index contributed by atoms with van der Waals surface area (Å²) in [5.74, 6) is -0.144. The Morgan fingerprint density at radius 2 is 1.83 bits per heavy atom. The Morgan fingerprint density at radius 3 is 2.28 bits per heavy atom. The lowest BCUT2D eigenvalue weighted by atomic mass is 10.1. The Hall–Kier alpha value is -1.78. The van der Waals surface area contributed by atoms with Crippen LogP contribution in [-0.4, -0.2) is 5.97 Å². The molecule has 0 atom stereocenters. The minimum Gasteiger partial charge on any atom is -0.432 e. The first-order valence-corrected chi connectivity index (χ1v) is 5.31. The standard InChI is InChI=1S/C13H13F3O2/c1-9(2)18-12(17)8-5-10-3-6-11(7-4-10)13(14,15)16/h3-4,6-7H,1,5,8H2,2H3. The molecule has 18 heavy (non-hydrogen) atoms. The molecule has 0 aliphatic carbocycles. The van der Waals surface area contributed by atoms with E-state index in [1.165, 1.54) is 12.1 Å².